The molecule has 0 atom stereocenters. The monoisotopic (exact) mass is 395 g/mol. The Bertz CT molecular complexity index is 948. The molecule has 0 fully saturated rings. The summed E-state index contributed by atoms with van der Waals surface area (Å²) in [5.41, 5.74) is 4.45. The first-order chi connectivity index (χ1) is 13.5. The number of hydrogen-bond acceptors (Lipinski definition) is 4. The molecule has 0 N–H and O–H groups in total. The lowest BCUT2D eigenvalue weighted by Gasteiger charge is -2.18. The molecule has 0 saturated heterocycles. The van der Waals surface area contributed by atoms with Crippen molar-refractivity contribution in [2.75, 3.05) is 19.9 Å². The third-order valence-electron chi connectivity index (χ3n) is 4.44. The van der Waals surface area contributed by atoms with Crippen LogP contribution in [0.2, 0.25) is 0 Å². The van der Waals surface area contributed by atoms with Crippen molar-refractivity contribution in [2.45, 2.75) is 25.5 Å². The standard InChI is InChI=1S/C22H25N3O2S/c1-16-11-17(2)13-19(12-16)25-10-9-23-22(25)28-15-21(26)24(3)14-18-7-5-6-8-20(18)27-4/h5-13H,14-15H2,1-4H3. The summed E-state index contributed by atoms with van der Waals surface area (Å²) in [4.78, 5) is 18.8. The number of hydrogen-bond donors (Lipinski definition) is 0. The van der Waals surface area contributed by atoms with Gasteiger partial charge in [0, 0.05) is 37.2 Å². The zero-order valence-corrected chi connectivity index (χ0v) is 17.5. The number of aromatic nitrogens is 2. The minimum atomic E-state index is 0.0471. The van der Waals surface area contributed by atoms with Crippen molar-refractivity contribution in [1.29, 1.82) is 0 Å². The summed E-state index contributed by atoms with van der Waals surface area (Å²) < 4.78 is 7.40. The molecule has 0 bridgehead atoms. The Morgan fingerprint density at radius 2 is 1.89 bits per heavy atom. The smallest absolute Gasteiger partial charge is 0.233 e. The largest absolute Gasteiger partial charge is 0.496 e. The SMILES string of the molecule is COc1ccccc1CN(C)C(=O)CSc1nccn1-c1cc(C)cc(C)c1. The van der Waals surface area contributed by atoms with Gasteiger partial charge in [-0.2, -0.15) is 0 Å². The molecule has 0 spiro atoms. The number of thioether (sulfide) groups is 1. The Kier molecular flexibility index (Phi) is 6.41. The number of ether oxygens (including phenoxy) is 1. The van der Waals surface area contributed by atoms with Crippen molar-refractivity contribution < 1.29 is 9.53 Å². The molecule has 0 unspecified atom stereocenters. The minimum Gasteiger partial charge on any atom is -0.496 e. The number of carbonyl (C=O) groups excluding carboxylic acids is 1. The molecule has 1 amide bonds. The number of imidazole rings is 1. The lowest BCUT2D eigenvalue weighted by atomic mass is 10.1. The van der Waals surface area contributed by atoms with Crippen molar-refractivity contribution in [3.8, 4) is 11.4 Å². The molecule has 28 heavy (non-hydrogen) atoms. The van der Waals surface area contributed by atoms with Crippen LogP contribution in [0.15, 0.2) is 60.0 Å². The van der Waals surface area contributed by atoms with Crippen LogP contribution in [0.5, 0.6) is 5.75 Å². The van der Waals surface area contributed by atoms with Gasteiger partial charge in [-0.05, 0) is 43.2 Å². The first-order valence-electron chi connectivity index (χ1n) is 9.08. The van der Waals surface area contributed by atoms with E-state index in [0.717, 1.165) is 22.2 Å². The highest BCUT2D eigenvalue weighted by Gasteiger charge is 2.14. The van der Waals surface area contributed by atoms with Crippen molar-refractivity contribution in [1.82, 2.24) is 14.5 Å². The Labute approximate surface area is 170 Å². The highest BCUT2D eigenvalue weighted by molar-refractivity contribution is 7.99. The Morgan fingerprint density at radius 3 is 2.61 bits per heavy atom. The van der Waals surface area contributed by atoms with E-state index in [0.29, 0.717) is 12.3 Å². The highest BCUT2D eigenvalue weighted by atomic mass is 32.2. The van der Waals surface area contributed by atoms with E-state index < -0.39 is 0 Å². The van der Waals surface area contributed by atoms with Gasteiger partial charge in [-0.3, -0.25) is 9.36 Å². The fraction of sp³-hybridized carbons (Fsp3) is 0.273. The second-order valence-electron chi connectivity index (χ2n) is 6.78. The molecule has 1 heterocycles. The van der Waals surface area contributed by atoms with E-state index in [9.17, 15) is 4.79 Å². The first-order valence-corrected chi connectivity index (χ1v) is 10.1. The van der Waals surface area contributed by atoms with E-state index in [4.69, 9.17) is 4.74 Å². The molecule has 0 aliphatic heterocycles. The lowest BCUT2D eigenvalue weighted by Crippen LogP contribution is -2.28. The molecule has 0 radical (unpaired) electrons. The summed E-state index contributed by atoms with van der Waals surface area (Å²) in [6.45, 7) is 4.67. The van der Waals surface area contributed by atoms with Gasteiger partial charge >= 0.3 is 0 Å². The quantitative estimate of drug-likeness (QED) is 0.561. The summed E-state index contributed by atoms with van der Waals surface area (Å²) in [5, 5.41) is 0.809. The number of rotatable bonds is 7. The van der Waals surface area contributed by atoms with E-state index in [2.05, 4.69) is 37.0 Å². The number of para-hydroxylation sites is 1. The molecule has 6 heteroatoms. The first kappa shape index (κ1) is 20.0. The maximum atomic E-state index is 12.6. The van der Waals surface area contributed by atoms with Crippen molar-refractivity contribution >= 4 is 17.7 Å². The van der Waals surface area contributed by atoms with Crippen LogP contribution >= 0.6 is 11.8 Å². The number of nitrogens with zero attached hydrogens (tertiary/aromatic N) is 3. The maximum absolute atomic E-state index is 12.6. The maximum Gasteiger partial charge on any atom is 0.233 e. The van der Waals surface area contributed by atoms with Gasteiger partial charge in [0.1, 0.15) is 5.75 Å². The van der Waals surface area contributed by atoms with Gasteiger partial charge in [-0.1, -0.05) is 36.0 Å². The van der Waals surface area contributed by atoms with E-state index >= 15 is 0 Å². The summed E-state index contributed by atoms with van der Waals surface area (Å²) in [7, 11) is 3.45. The topological polar surface area (TPSA) is 47.4 Å². The number of carbonyl (C=O) groups is 1. The van der Waals surface area contributed by atoms with E-state index in [-0.39, 0.29) is 5.91 Å². The molecule has 0 saturated carbocycles. The number of aryl methyl sites for hydroxylation is 2. The molecule has 146 valence electrons. The lowest BCUT2D eigenvalue weighted by molar-refractivity contribution is -0.127. The number of benzene rings is 2. The van der Waals surface area contributed by atoms with Gasteiger partial charge in [-0.25, -0.2) is 4.98 Å². The second-order valence-corrected chi connectivity index (χ2v) is 7.72. The summed E-state index contributed by atoms with van der Waals surface area (Å²) in [5.74, 6) is 1.17. The third kappa shape index (κ3) is 4.75. The van der Waals surface area contributed by atoms with Crippen LogP contribution in [0.4, 0.5) is 0 Å². The number of methoxy groups -OCH3 is 1. The van der Waals surface area contributed by atoms with Gasteiger partial charge in [0.25, 0.3) is 0 Å². The van der Waals surface area contributed by atoms with Gasteiger partial charge < -0.3 is 9.64 Å². The average molecular weight is 396 g/mol. The molecule has 1 aromatic heterocycles. The zero-order chi connectivity index (χ0) is 20.1. The van der Waals surface area contributed by atoms with Crippen LogP contribution in [-0.2, 0) is 11.3 Å². The van der Waals surface area contributed by atoms with Gasteiger partial charge in [0.2, 0.25) is 5.91 Å². The van der Waals surface area contributed by atoms with Crippen molar-refractivity contribution in [3.63, 3.8) is 0 Å². The Hall–Kier alpha value is -2.73. The Balaban J connectivity index is 1.66. The van der Waals surface area contributed by atoms with E-state index in [1.165, 1.54) is 22.9 Å². The third-order valence-corrected chi connectivity index (χ3v) is 5.39. The summed E-state index contributed by atoms with van der Waals surface area (Å²) in [6, 6.07) is 14.1. The van der Waals surface area contributed by atoms with Gasteiger partial charge in [0.15, 0.2) is 5.16 Å². The van der Waals surface area contributed by atoms with Crippen LogP contribution in [0.1, 0.15) is 16.7 Å². The fourth-order valence-electron chi connectivity index (χ4n) is 3.10. The van der Waals surface area contributed by atoms with Crippen molar-refractivity contribution in [2.24, 2.45) is 0 Å². The van der Waals surface area contributed by atoms with Crippen LogP contribution in [0.25, 0.3) is 5.69 Å². The molecule has 2 aromatic carbocycles. The molecule has 3 rings (SSSR count). The van der Waals surface area contributed by atoms with Gasteiger partial charge in [-0.15, -0.1) is 0 Å². The van der Waals surface area contributed by atoms with E-state index in [1.807, 2.05) is 42.1 Å². The fourth-order valence-corrected chi connectivity index (χ4v) is 4.01. The summed E-state index contributed by atoms with van der Waals surface area (Å²) >= 11 is 1.45. The normalized spacial score (nSPS) is 10.7. The van der Waals surface area contributed by atoms with Crippen LogP contribution in [0, 0.1) is 13.8 Å². The molecular weight excluding hydrogens is 370 g/mol. The predicted molar refractivity (Wildman–Crippen MR) is 113 cm³/mol. The van der Waals surface area contributed by atoms with Crippen LogP contribution in [0.3, 0.4) is 0 Å². The second kappa shape index (κ2) is 8.97. The minimum absolute atomic E-state index is 0.0471. The Morgan fingerprint density at radius 1 is 1.18 bits per heavy atom. The number of amides is 1. The predicted octanol–water partition coefficient (Wildman–Crippen LogP) is 4.25. The van der Waals surface area contributed by atoms with Crippen LogP contribution in [-0.4, -0.2) is 40.3 Å². The van der Waals surface area contributed by atoms with Gasteiger partial charge in [0.05, 0.1) is 12.9 Å². The molecule has 5 nitrogen and oxygen atoms in total. The molecule has 3 aromatic rings. The van der Waals surface area contributed by atoms with E-state index in [1.54, 1.807) is 18.2 Å². The van der Waals surface area contributed by atoms with Crippen molar-refractivity contribution in [3.05, 3.63) is 71.5 Å². The zero-order valence-electron chi connectivity index (χ0n) is 16.7. The molecular formula is C22H25N3O2S. The highest BCUT2D eigenvalue weighted by Crippen LogP contribution is 2.23. The van der Waals surface area contributed by atoms with Crippen LogP contribution < -0.4 is 4.74 Å². The molecule has 0 aliphatic carbocycles. The average Bonchev–Trinajstić information content (AvgIpc) is 3.14. The summed E-state index contributed by atoms with van der Waals surface area (Å²) in [6.07, 6.45) is 3.70. The molecule has 0 aliphatic rings.